The highest BCUT2D eigenvalue weighted by atomic mass is 16.2. The molecule has 0 aromatic carbocycles. The molecular formula is C13H18N2O. The summed E-state index contributed by atoms with van der Waals surface area (Å²) in [5.74, 6) is 0.274. The molecule has 2 rings (SSSR count). The molecule has 0 radical (unpaired) electrons. The summed E-state index contributed by atoms with van der Waals surface area (Å²) in [5.41, 5.74) is 0.985. The zero-order chi connectivity index (χ0) is 11.4. The number of nitrogens with zero attached hydrogens (tertiary/aromatic N) is 2. The fourth-order valence-electron chi connectivity index (χ4n) is 1.83. The minimum absolute atomic E-state index is 0.274. The third kappa shape index (κ3) is 2.81. The number of aromatic nitrogens is 1. The Morgan fingerprint density at radius 2 is 2.31 bits per heavy atom. The molecule has 0 unspecified atom stereocenters. The van der Waals surface area contributed by atoms with Crippen molar-refractivity contribution in [2.75, 3.05) is 0 Å². The van der Waals surface area contributed by atoms with E-state index in [-0.39, 0.29) is 5.91 Å². The number of hydrogen-bond acceptors (Lipinski definition) is 2. The molecule has 0 bridgehead atoms. The van der Waals surface area contributed by atoms with Crippen LogP contribution in [-0.2, 0) is 11.3 Å². The van der Waals surface area contributed by atoms with Gasteiger partial charge in [0.05, 0.1) is 12.2 Å². The van der Waals surface area contributed by atoms with Crippen molar-refractivity contribution in [3.63, 3.8) is 0 Å². The molecule has 0 spiro atoms. The Balaban J connectivity index is 2.00. The molecule has 1 amide bonds. The van der Waals surface area contributed by atoms with Crippen molar-refractivity contribution < 1.29 is 4.79 Å². The van der Waals surface area contributed by atoms with E-state index in [1.807, 2.05) is 30.0 Å². The maximum atomic E-state index is 11.9. The monoisotopic (exact) mass is 218 g/mol. The first-order valence-corrected chi connectivity index (χ1v) is 6.00. The Morgan fingerprint density at radius 1 is 1.50 bits per heavy atom. The van der Waals surface area contributed by atoms with E-state index in [1.165, 1.54) is 0 Å². The Labute approximate surface area is 96.5 Å². The van der Waals surface area contributed by atoms with E-state index < -0.39 is 0 Å². The lowest BCUT2D eigenvalue weighted by atomic mass is 10.2. The van der Waals surface area contributed by atoms with Gasteiger partial charge in [0.2, 0.25) is 5.91 Å². The molecule has 1 fully saturated rings. The molecule has 1 saturated carbocycles. The second-order valence-corrected chi connectivity index (χ2v) is 4.32. The van der Waals surface area contributed by atoms with Crippen molar-refractivity contribution in [3.8, 4) is 0 Å². The molecule has 1 aliphatic carbocycles. The predicted octanol–water partition coefficient (Wildman–Crippen LogP) is 2.37. The molecule has 1 aliphatic rings. The van der Waals surface area contributed by atoms with E-state index >= 15 is 0 Å². The number of rotatable bonds is 5. The quantitative estimate of drug-likeness (QED) is 0.760. The lowest BCUT2D eigenvalue weighted by molar-refractivity contribution is -0.132. The first-order valence-electron chi connectivity index (χ1n) is 6.00. The molecule has 0 saturated heterocycles. The van der Waals surface area contributed by atoms with Crippen LogP contribution in [0.25, 0.3) is 0 Å². The first-order chi connectivity index (χ1) is 7.81. The van der Waals surface area contributed by atoms with Crippen LogP contribution in [0.4, 0.5) is 0 Å². The molecule has 3 heteroatoms. The van der Waals surface area contributed by atoms with Gasteiger partial charge in [-0.25, -0.2) is 0 Å². The average Bonchev–Trinajstić information content (AvgIpc) is 3.11. The summed E-state index contributed by atoms with van der Waals surface area (Å²) >= 11 is 0. The number of hydrogen-bond donors (Lipinski definition) is 0. The van der Waals surface area contributed by atoms with E-state index in [1.54, 1.807) is 6.20 Å². The van der Waals surface area contributed by atoms with Crippen molar-refractivity contribution >= 4 is 5.91 Å². The van der Waals surface area contributed by atoms with Crippen LogP contribution in [0.2, 0.25) is 0 Å². The summed E-state index contributed by atoms with van der Waals surface area (Å²) in [7, 11) is 0. The summed E-state index contributed by atoms with van der Waals surface area (Å²) in [6, 6.07) is 6.33. The predicted molar refractivity (Wildman–Crippen MR) is 62.7 cm³/mol. The third-order valence-corrected chi connectivity index (χ3v) is 2.83. The molecule has 0 atom stereocenters. The largest absolute Gasteiger partial charge is 0.334 e. The lowest BCUT2D eigenvalue weighted by Gasteiger charge is -2.21. The zero-order valence-electron chi connectivity index (χ0n) is 9.72. The molecule has 1 heterocycles. The van der Waals surface area contributed by atoms with Gasteiger partial charge in [-0.3, -0.25) is 9.78 Å². The van der Waals surface area contributed by atoms with Crippen LogP contribution in [0.15, 0.2) is 24.4 Å². The Bertz CT molecular complexity index is 346. The zero-order valence-corrected chi connectivity index (χ0v) is 9.72. The average molecular weight is 218 g/mol. The van der Waals surface area contributed by atoms with Gasteiger partial charge in [0.25, 0.3) is 0 Å². The van der Waals surface area contributed by atoms with Crippen LogP contribution in [0.1, 0.15) is 38.3 Å². The molecule has 0 aliphatic heterocycles. The van der Waals surface area contributed by atoms with Crippen LogP contribution in [0.5, 0.6) is 0 Å². The van der Waals surface area contributed by atoms with Crippen molar-refractivity contribution in [2.45, 2.75) is 45.2 Å². The minimum Gasteiger partial charge on any atom is -0.334 e. The molecule has 1 aromatic heterocycles. The van der Waals surface area contributed by atoms with Gasteiger partial charge < -0.3 is 4.90 Å². The maximum absolute atomic E-state index is 11.9. The van der Waals surface area contributed by atoms with Crippen LogP contribution < -0.4 is 0 Å². The van der Waals surface area contributed by atoms with Gasteiger partial charge in [-0.05, 0) is 31.4 Å². The third-order valence-electron chi connectivity index (χ3n) is 2.83. The summed E-state index contributed by atoms with van der Waals surface area (Å²) in [6.07, 6.45) is 5.67. The van der Waals surface area contributed by atoms with Crippen molar-refractivity contribution in [1.82, 2.24) is 9.88 Å². The standard InChI is InChI=1S/C13H18N2O/c1-2-5-13(16)15(12-7-8-12)10-11-6-3-4-9-14-11/h3-4,6,9,12H,2,5,7-8,10H2,1H3. The summed E-state index contributed by atoms with van der Waals surface area (Å²) in [4.78, 5) is 18.2. The van der Waals surface area contributed by atoms with E-state index in [2.05, 4.69) is 4.98 Å². The lowest BCUT2D eigenvalue weighted by Crippen LogP contribution is -2.32. The number of carbonyl (C=O) groups excluding carboxylic acids is 1. The van der Waals surface area contributed by atoms with Crippen LogP contribution in [0.3, 0.4) is 0 Å². The van der Waals surface area contributed by atoms with Gasteiger partial charge >= 0.3 is 0 Å². The van der Waals surface area contributed by atoms with Crippen LogP contribution in [-0.4, -0.2) is 21.8 Å². The van der Waals surface area contributed by atoms with Crippen LogP contribution in [0, 0.1) is 0 Å². The Morgan fingerprint density at radius 3 is 2.88 bits per heavy atom. The molecular weight excluding hydrogens is 200 g/mol. The highest BCUT2D eigenvalue weighted by Crippen LogP contribution is 2.28. The number of carbonyl (C=O) groups is 1. The SMILES string of the molecule is CCCC(=O)N(Cc1ccccn1)C1CC1. The summed E-state index contributed by atoms with van der Waals surface area (Å²) < 4.78 is 0. The van der Waals surface area contributed by atoms with Gasteiger partial charge in [-0.15, -0.1) is 0 Å². The summed E-state index contributed by atoms with van der Waals surface area (Å²) in [5, 5.41) is 0. The van der Waals surface area contributed by atoms with Crippen molar-refractivity contribution in [3.05, 3.63) is 30.1 Å². The van der Waals surface area contributed by atoms with E-state index in [0.717, 1.165) is 25.0 Å². The second kappa shape index (κ2) is 5.10. The molecule has 1 aromatic rings. The van der Waals surface area contributed by atoms with Gasteiger partial charge in [-0.1, -0.05) is 13.0 Å². The number of amides is 1. The fourth-order valence-corrected chi connectivity index (χ4v) is 1.83. The smallest absolute Gasteiger partial charge is 0.223 e. The van der Waals surface area contributed by atoms with E-state index in [9.17, 15) is 4.79 Å². The Kier molecular flexibility index (Phi) is 3.54. The topological polar surface area (TPSA) is 33.2 Å². The first kappa shape index (κ1) is 11.1. The van der Waals surface area contributed by atoms with Crippen molar-refractivity contribution in [1.29, 1.82) is 0 Å². The van der Waals surface area contributed by atoms with Gasteiger partial charge in [0.1, 0.15) is 0 Å². The van der Waals surface area contributed by atoms with E-state index in [4.69, 9.17) is 0 Å². The maximum Gasteiger partial charge on any atom is 0.223 e. The molecule has 16 heavy (non-hydrogen) atoms. The molecule has 0 N–H and O–H groups in total. The van der Waals surface area contributed by atoms with Gasteiger partial charge in [-0.2, -0.15) is 0 Å². The second-order valence-electron chi connectivity index (χ2n) is 4.32. The number of pyridine rings is 1. The van der Waals surface area contributed by atoms with Gasteiger partial charge in [0, 0.05) is 18.7 Å². The summed E-state index contributed by atoms with van der Waals surface area (Å²) in [6.45, 7) is 2.72. The minimum atomic E-state index is 0.274. The normalized spacial score (nSPS) is 14.8. The molecule has 3 nitrogen and oxygen atoms in total. The van der Waals surface area contributed by atoms with Crippen molar-refractivity contribution in [2.24, 2.45) is 0 Å². The Hall–Kier alpha value is -1.38. The van der Waals surface area contributed by atoms with Gasteiger partial charge in [0.15, 0.2) is 0 Å². The van der Waals surface area contributed by atoms with Crippen LogP contribution >= 0.6 is 0 Å². The highest BCUT2D eigenvalue weighted by molar-refractivity contribution is 5.76. The highest BCUT2D eigenvalue weighted by Gasteiger charge is 2.32. The molecule has 86 valence electrons. The fraction of sp³-hybridized carbons (Fsp3) is 0.538. The van der Waals surface area contributed by atoms with E-state index in [0.29, 0.717) is 19.0 Å².